The van der Waals surface area contributed by atoms with Gasteiger partial charge in [-0.1, -0.05) is 34.8 Å². The van der Waals surface area contributed by atoms with Gasteiger partial charge in [0.1, 0.15) is 29.7 Å². The molecule has 2 aromatic heterocycles. The Kier molecular flexibility index (Phi) is 7.23. The summed E-state index contributed by atoms with van der Waals surface area (Å²) in [6.45, 7) is -0.513. The highest BCUT2D eigenvalue weighted by Crippen LogP contribution is 2.46. The number of fused-ring (bicyclic) bond motifs is 1. The van der Waals surface area contributed by atoms with E-state index in [0.29, 0.717) is 0 Å². The number of ether oxygens (including phenoxy) is 1. The van der Waals surface area contributed by atoms with Crippen molar-refractivity contribution in [3.63, 3.8) is 0 Å². The summed E-state index contributed by atoms with van der Waals surface area (Å²) in [7, 11) is -4.91. The Morgan fingerprint density at radius 2 is 1.85 bits per heavy atom. The van der Waals surface area contributed by atoms with Crippen LogP contribution in [0.5, 0.6) is 5.75 Å². The van der Waals surface area contributed by atoms with Crippen LogP contribution in [-0.4, -0.2) is 69.5 Å². The minimum Gasteiger partial charge on any atom is -0.403 e. The van der Waals surface area contributed by atoms with Gasteiger partial charge in [-0.2, -0.15) is 0 Å². The smallest absolute Gasteiger partial charge is 0.403 e. The Morgan fingerprint density at radius 3 is 2.50 bits per heavy atom. The summed E-state index contributed by atoms with van der Waals surface area (Å²) >= 11 is 18.3. The number of phosphoric ester groups is 1. The first-order valence-electron chi connectivity index (χ1n) is 9.47. The van der Waals surface area contributed by atoms with Crippen LogP contribution in [0.1, 0.15) is 11.8 Å². The van der Waals surface area contributed by atoms with Crippen LogP contribution in [0, 0.1) is 0 Å². The zero-order valence-electron chi connectivity index (χ0n) is 16.8. The van der Waals surface area contributed by atoms with Gasteiger partial charge in [-0.15, -0.1) is 0 Å². The van der Waals surface area contributed by atoms with E-state index in [0.717, 1.165) is 0 Å². The SMILES string of the molecule is O=P(O)(O)Oc1cc(CNc2ncnc3c2ncn3[C@@H]2O[C@H](CO)[C@@H](O)[C@H]2O)c(Cl)c(Cl)c1Cl. The van der Waals surface area contributed by atoms with Crippen molar-refractivity contribution >= 4 is 59.6 Å². The summed E-state index contributed by atoms with van der Waals surface area (Å²) in [5.74, 6) is -0.113. The maximum absolute atomic E-state index is 11.2. The number of aliphatic hydroxyl groups is 3. The lowest BCUT2D eigenvalue weighted by molar-refractivity contribution is -0.0511. The molecule has 6 N–H and O–H groups in total. The number of benzene rings is 1. The molecule has 1 aromatic carbocycles. The zero-order chi connectivity index (χ0) is 24.8. The van der Waals surface area contributed by atoms with E-state index in [4.69, 9.17) is 49.3 Å². The summed E-state index contributed by atoms with van der Waals surface area (Å²) in [6.07, 6.45) is -2.09. The lowest BCUT2D eigenvalue weighted by Gasteiger charge is -2.16. The highest BCUT2D eigenvalue weighted by atomic mass is 35.5. The fourth-order valence-electron chi connectivity index (χ4n) is 3.41. The number of hydrogen-bond donors (Lipinski definition) is 6. The second-order valence-electron chi connectivity index (χ2n) is 7.19. The molecule has 3 aromatic rings. The Labute approximate surface area is 206 Å². The molecule has 0 saturated carbocycles. The number of aliphatic hydroxyl groups excluding tert-OH is 3. The van der Waals surface area contributed by atoms with E-state index in [9.17, 15) is 19.9 Å². The van der Waals surface area contributed by atoms with E-state index in [2.05, 4.69) is 24.8 Å². The molecule has 0 radical (unpaired) electrons. The average Bonchev–Trinajstić information content (AvgIpc) is 3.33. The number of nitrogens with zero attached hydrogens (tertiary/aromatic N) is 4. The molecule has 1 aliphatic rings. The van der Waals surface area contributed by atoms with E-state index < -0.39 is 39.0 Å². The molecule has 17 heteroatoms. The third kappa shape index (κ3) is 4.82. The number of hydrogen-bond acceptors (Lipinski definition) is 10. The van der Waals surface area contributed by atoms with Crippen molar-refractivity contribution in [2.24, 2.45) is 0 Å². The molecule has 4 atom stereocenters. The molecule has 13 nitrogen and oxygen atoms in total. The van der Waals surface area contributed by atoms with Crippen LogP contribution >= 0.6 is 42.6 Å². The van der Waals surface area contributed by atoms with Gasteiger partial charge in [0.25, 0.3) is 0 Å². The highest BCUT2D eigenvalue weighted by molar-refractivity contribution is 7.46. The van der Waals surface area contributed by atoms with Crippen molar-refractivity contribution in [1.29, 1.82) is 0 Å². The van der Waals surface area contributed by atoms with Crippen LogP contribution < -0.4 is 9.84 Å². The third-order valence-electron chi connectivity index (χ3n) is 5.00. The molecule has 0 bridgehead atoms. The predicted octanol–water partition coefficient (Wildman–Crippen LogP) is 1.48. The van der Waals surface area contributed by atoms with Crippen molar-refractivity contribution in [2.45, 2.75) is 31.1 Å². The van der Waals surface area contributed by atoms with E-state index in [-0.39, 0.29) is 49.9 Å². The van der Waals surface area contributed by atoms with Crippen LogP contribution in [-0.2, 0) is 15.8 Å². The molecule has 0 spiro atoms. The molecule has 0 aliphatic carbocycles. The van der Waals surface area contributed by atoms with E-state index in [1.807, 2.05) is 0 Å². The first kappa shape index (κ1) is 25.3. The van der Waals surface area contributed by atoms with Gasteiger partial charge in [0.2, 0.25) is 0 Å². The van der Waals surface area contributed by atoms with Crippen LogP contribution in [0.25, 0.3) is 11.2 Å². The monoisotopic (exact) mass is 555 g/mol. The number of aromatic nitrogens is 4. The molecule has 3 heterocycles. The van der Waals surface area contributed by atoms with Gasteiger partial charge in [0.05, 0.1) is 23.0 Å². The molecule has 0 unspecified atom stereocenters. The molecule has 34 heavy (non-hydrogen) atoms. The standard InChI is InChI=1S/C17H17Cl3N5O8P/c18-9-6(1-7(10(19)11(9)20)33-34(29,30)31)2-21-15-12-16(23-4-22-15)25(5-24-12)17-14(28)13(27)8(3-26)32-17/h1,4-5,8,13-14,17,26-28H,2-3H2,(H,21,22,23)(H2,29,30,31)/t8-,13-,14-,17-/m1/s1. The van der Waals surface area contributed by atoms with Crippen molar-refractivity contribution in [1.82, 2.24) is 19.5 Å². The van der Waals surface area contributed by atoms with Crippen LogP contribution in [0.15, 0.2) is 18.7 Å². The van der Waals surface area contributed by atoms with Gasteiger partial charge in [0, 0.05) is 6.54 Å². The first-order valence-corrected chi connectivity index (χ1v) is 12.1. The van der Waals surface area contributed by atoms with E-state index in [1.54, 1.807) is 0 Å². The zero-order valence-corrected chi connectivity index (χ0v) is 19.9. The molecule has 0 amide bonds. The summed E-state index contributed by atoms with van der Waals surface area (Å²) in [5.41, 5.74) is 0.829. The third-order valence-corrected chi connectivity index (χ3v) is 6.82. The van der Waals surface area contributed by atoms with Crippen molar-refractivity contribution in [3.8, 4) is 5.75 Å². The molecule has 4 rings (SSSR count). The largest absolute Gasteiger partial charge is 0.524 e. The van der Waals surface area contributed by atoms with Crippen LogP contribution in [0.3, 0.4) is 0 Å². The number of phosphoric acid groups is 1. The maximum atomic E-state index is 11.2. The van der Waals surface area contributed by atoms with Crippen molar-refractivity contribution in [2.75, 3.05) is 11.9 Å². The summed E-state index contributed by atoms with van der Waals surface area (Å²) in [4.78, 5) is 30.7. The molecule has 1 saturated heterocycles. The fraction of sp³-hybridized carbons (Fsp3) is 0.353. The van der Waals surface area contributed by atoms with Gasteiger partial charge in [0.15, 0.2) is 29.0 Å². The fourth-order valence-corrected chi connectivity index (χ4v) is 4.53. The number of rotatable bonds is 7. The average molecular weight is 557 g/mol. The Hall–Kier alpha value is -1.77. The van der Waals surface area contributed by atoms with Crippen LogP contribution in [0.2, 0.25) is 15.1 Å². The molecule has 1 fully saturated rings. The normalized spacial score (nSPS) is 22.9. The van der Waals surface area contributed by atoms with Gasteiger partial charge in [-0.3, -0.25) is 14.4 Å². The minimum atomic E-state index is -4.91. The molecule has 184 valence electrons. The van der Waals surface area contributed by atoms with Gasteiger partial charge < -0.3 is 29.9 Å². The van der Waals surface area contributed by atoms with Crippen LogP contribution in [0.4, 0.5) is 5.82 Å². The highest BCUT2D eigenvalue weighted by Gasteiger charge is 2.44. The van der Waals surface area contributed by atoms with Gasteiger partial charge >= 0.3 is 7.82 Å². The molecular formula is C17H17Cl3N5O8P. The van der Waals surface area contributed by atoms with Crippen molar-refractivity contribution in [3.05, 3.63) is 39.4 Å². The Bertz CT molecular complexity index is 1270. The number of nitrogens with one attached hydrogen (secondary N) is 1. The predicted molar refractivity (Wildman–Crippen MR) is 120 cm³/mol. The number of imidazole rings is 1. The topological polar surface area (TPSA) is 192 Å². The van der Waals surface area contributed by atoms with Gasteiger partial charge in [-0.05, 0) is 11.6 Å². The van der Waals surface area contributed by atoms with E-state index >= 15 is 0 Å². The molecule has 1 aliphatic heterocycles. The summed E-state index contributed by atoms with van der Waals surface area (Å²) < 4.78 is 22.7. The first-order chi connectivity index (χ1) is 16.0. The quantitative estimate of drug-likeness (QED) is 0.182. The number of anilines is 1. The second kappa shape index (κ2) is 9.70. The lowest BCUT2D eigenvalue weighted by atomic mass is 10.1. The number of halogens is 3. The van der Waals surface area contributed by atoms with Crippen molar-refractivity contribution < 1.29 is 38.9 Å². The maximum Gasteiger partial charge on any atom is 0.524 e. The van der Waals surface area contributed by atoms with Gasteiger partial charge in [-0.25, -0.2) is 19.5 Å². The van der Waals surface area contributed by atoms with E-state index in [1.165, 1.54) is 23.3 Å². The summed E-state index contributed by atoms with van der Waals surface area (Å²) in [6, 6.07) is 1.22. The Morgan fingerprint density at radius 1 is 1.12 bits per heavy atom. The lowest BCUT2D eigenvalue weighted by Crippen LogP contribution is -2.33. The minimum absolute atomic E-state index is 0.0274. The second-order valence-corrected chi connectivity index (χ2v) is 9.48. The summed E-state index contributed by atoms with van der Waals surface area (Å²) in [5, 5.41) is 32.2. The Balaban J connectivity index is 1.62. The molecular weight excluding hydrogens is 540 g/mol.